The third-order valence-corrected chi connectivity index (χ3v) is 4.88. The molecule has 25 heavy (non-hydrogen) atoms. The van der Waals surface area contributed by atoms with E-state index in [-0.39, 0.29) is 16.8 Å². The number of amides is 2. The first kappa shape index (κ1) is 17.5. The Bertz CT molecular complexity index is 736. The van der Waals surface area contributed by atoms with Crippen LogP contribution in [-0.2, 0) is 14.3 Å². The van der Waals surface area contributed by atoms with E-state index in [2.05, 4.69) is 10.1 Å². The maximum absolute atomic E-state index is 12.7. The highest BCUT2D eigenvalue weighted by Gasteiger charge is 2.39. The van der Waals surface area contributed by atoms with Crippen molar-refractivity contribution in [2.24, 2.45) is 0 Å². The van der Waals surface area contributed by atoms with E-state index in [1.54, 1.807) is 0 Å². The number of hydrogen-bond donors (Lipinski definition) is 1. The molecule has 1 heterocycles. The molecule has 1 aliphatic heterocycles. The van der Waals surface area contributed by atoms with Gasteiger partial charge in [-0.15, -0.1) is 0 Å². The van der Waals surface area contributed by atoms with Crippen LogP contribution in [0.5, 0.6) is 0 Å². The zero-order valence-electron chi connectivity index (χ0n) is 13.9. The second-order valence-corrected chi connectivity index (χ2v) is 6.53. The van der Waals surface area contributed by atoms with E-state index in [0.717, 1.165) is 30.6 Å². The fourth-order valence-corrected chi connectivity index (χ4v) is 3.40. The largest absolute Gasteiger partial charge is 0.465 e. The minimum Gasteiger partial charge on any atom is -0.465 e. The number of anilines is 1. The van der Waals surface area contributed by atoms with Gasteiger partial charge in [0.05, 0.1) is 18.4 Å². The second kappa shape index (κ2) is 7.27. The zero-order chi connectivity index (χ0) is 18.0. The Hall–Kier alpha value is -2.34. The Labute approximate surface area is 150 Å². The zero-order valence-corrected chi connectivity index (χ0v) is 14.6. The van der Waals surface area contributed by atoms with Crippen LogP contribution >= 0.6 is 11.6 Å². The molecule has 1 saturated carbocycles. The number of nitrogens with one attached hydrogen (secondary N) is 1. The van der Waals surface area contributed by atoms with E-state index in [1.165, 1.54) is 37.8 Å². The molecule has 132 valence electrons. The lowest BCUT2D eigenvalue weighted by molar-refractivity contribution is -0.120. The summed E-state index contributed by atoms with van der Waals surface area (Å²) >= 11 is 6.12. The molecule has 0 spiro atoms. The molecule has 0 aromatic heterocycles. The number of nitrogens with zero attached hydrogens (tertiary/aromatic N) is 1. The fraction of sp³-hybridized carbons (Fsp3) is 0.389. The maximum atomic E-state index is 12.7. The van der Waals surface area contributed by atoms with Gasteiger partial charge in [-0.1, -0.05) is 30.9 Å². The van der Waals surface area contributed by atoms with E-state index in [4.69, 9.17) is 11.6 Å². The SMILES string of the molecule is COC(=O)c1ccc(N2C(=O)C(Cl)=C(NC3CCCCC3)C2=O)cc1. The van der Waals surface area contributed by atoms with E-state index < -0.39 is 17.8 Å². The molecule has 2 amide bonds. The van der Waals surface area contributed by atoms with Gasteiger partial charge in [0.15, 0.2) is 0 Å². The number of rotatable bonds is 4. The molecule has 1 fully saturated rings. The highest BCUT2D eigenvalue weighted by atomic mass is 35.5. The molecule has 7 heteroatoms. The quantitative estimate of drug-likeness (QED) is 0.658. The number of carbonyl (C=O) groups is 3. The van der Waals surface area contributed by atoms with Crippen LogP contribution in [0.2, 0.25) is 0 Å². The van der Waals surface area contributed by atoms with Crippen LogP contribution in [-0.4, -0.2) is 30.9 Å². The molecular formula is C18H19ClN2O4. The molecule has 0 atom stereocenters. The number of imide groups is 1. The summed E-state index contributed by atoms with van der Waals surface area (Å²) in [6.07, 6.45) is 5.31. The van der Waals surface area contributed by atoms with Crippen molar-refractivity contribution in [3.63, 3.8) is 0 Å². The van der Waals surface area contributed by atoms with Crippen molar-refractivity contribution in [1.29, 1.82) is 0 Å². The van der Waals surface area contributed by atoms with Crippen molar-refractivity contribution in [2.75, 3.05) is 12.0 Å². The van der Waals surface area contributed by atoms with E-state index in [9.17, 15) is 14.4 Å². The molecule has 0 unspecified atom stereocenters. The first-order chi connectivity index (χ1) is 12.0. The molecule has 0 bridgehead atoms. The fourth-order valence-electron chi connectivity index (χ4n) is 3.18. The minimum atomic E-state index is -0.559. The molecule has 1 aromatic rings. The van der Waals surface area contributed by atoms with Crippen molar-refractivity contribution >= 4 is 35.1 Å². The van der Waals surface area contributed by atoms with Gasteiger partial charge < -0.3 is 10.1 Å². The number of halogens is 1. The first-order valence-corrected chi connectivity index (χ1v) is 8.64. The number of hydrogen-bond acceptors (Lipinski definition) is 5. The number of ether oxygens (including phenoxy) is 1. The Morgan fingerprint density at radius 3 is 2.36 bits per heavy atom. The Morgan fingerprint density at radius 1 is 1.12 bits per heavy atom. The number of esters is 1. The molecular weight excluding hydrogens is 344 g/mol. The average molecular weight is 363 g/mol. The highest BCUT2D eigenvalue weighted by molar-refractivity contribution is 6.52. The van der Waals surface area contributed by atoms with Crippen LogP contribution in [0.15, 0.2) is 35.0 Å². The normalized spacial score (nSPS) is 18.7. The molecule has 2 aliphatic rings. The van der Waals surface area contributed by atoms with Gasteiger partial charge in [0, 0.05) is 6.04 Å². The van der Waals surface area contributed by atoms with Gasteiger partial charge in [0.25, 0.3) is 11.8 Å². The topological polar surface area (TPSA) is 75.7 Å². The van der Waals surface area contributed by atoms with Gasteiger partial charge in [-0.05, 0) is 37.1 Å². The van der Waals surface area contributed by atoms with Gasteiger partial charge in [0.1, 0.15) is 10.7 Å². The summed E-state index contributed by atoms with van der Waals surface area (Å²) in [7, 11) is 1.29. The molecule has 1 aromatic carbocycles. The molecule has 0 saturated heterocycles. The van der Waals surface area contributed by atoms with Gasteiger partial charge in [0.2, 0.25) is 0 Å². The predicted molar refractivity (Wildman–Crippen MR) is 93.2 cm³/mol. The minimum absolute atomic E-state index is 0.0902. The van der Waals surface area contributed by atoms with E-state index in [0.29, 0.717) is 11.3 Å². The molecule has 1 N–H and O–H groups in total. The predicted octanol–water partition coefficient (Wildman–Crippen LogP) is 2.72. The average Bonchev–Trinajstić information content (AvgIpc) is 2.85. The van der Waals surface area contributed by atoms with Crippen LogP contribution in [0.25, 0.3) is 0 Å². The summed E-state index contributed by atoms with van der Waals surface area (Å²) < 4.78 is 4.64. The van der Waals surface area contributed by atoms with Gasteiger partial charge >= 0.3 is 5.97 Å². The summed E-state index contributed by atoms with van der Waals surface area (Å²) in [5, 5.41) is 3.06. The number of benzene rings is 1. The summed E-state index contributed by atoms with van der Waals surface area (Å²) in [6.45, 7) is 0. The first-order valence-electron chi connectivity index (χ1n) is 8.26. The van der Waals surface area contributed by atoms with E-state index >= 15 is 0 Å². The van der Waals surface area contributed by atoms with Crippen molar-refractivity contribution < 1.29 is 19.1 Å². The lowest BCUT2D eigenvalue weighted by Gasteiger charge is -2.24. The lowest BCUT2D eigenvalue weighted by atomic mass is 9.95. The van der Waals surface area contributed by atoms with Gasteiger partial charge in [-0.2, -0.15) is 0 Å². The summed E-state index contributed by atoms with van der Waals surface area (Å²) in [6, 6.07) is 6.21. The molecule has 3 rings (SSSR count). The van der Waals surface area contributed by atoms with Crippen LogP contribution < -0.4 is 10.2 Å². The molecule has 6 nitrogen and oxygen atoms in total. The van der Waals surface area contributed by atoms with Gasteiger partial charge in [-0.3, -0.25) is 9.59 Å². The van der Waals surface area contributed by atoms with Crippen LogP contribution in [0.1, 0.15) is 42.5 Å². The Balaban J connectivity index is 1.79. The third kappa shape index (κ3) is 3.39. The number of methoxy groups -OCH3 is 1. The van der Waals surface area contributed by atoms with E-state index in [1.807, 2.05) is 0 Å². The van der Waals surface area contributed by atoms with Crippen molar-refractivity contribution in [3.8, 4) is 0 Å². The molecule has 1 aliphatic carbocycles. The molecule has 0 radical (unpaired) electrons. The smallest absolute Gasteiger partial charge is 0.337 e. The third-order valence-electron chi connectivity index (χ3n) is 4.53. The Morgan fingerprint density at radius 2 is 1.76 bits per heavy atom. The monoisotopic (exact) mass is 362 g/mol. The van der Waals surface area contributed by atoms with Crippen LogP contribution in [0.3, 0.4) is 0 Å². The van der Waals surface area contributed by atoms with Crippen molar-refractivity contribution in [2.45, 2.75) is 38.1 Å². The summed E-state index contributed by atoms with van der Waals surface area (Å²) in [4.78, 5) is 37.6. The van der Waals surface area contributed by atoms with Crippen LogP contribution in [0.4, 0.5) is 5.69 Å². The highest BCUT2D eigenvalue weighted by Crippen LogP contribution is 2.30. The Kier molecular flexibility index (Phi) is 5.08. The second-order valence-electron chi connectivity index (χ2n) is 6.15. The standard InChI is InChI=1S/C18H19ClN2O4/c1-25-18(24)11-7-9-13(10-8-11)21-16(22)14(19)15(17(21)23)20-12-5-3-2-4-6-12/h7-10,12,20H,2-6H2,1H3. The number of carbonyl (C=O) groups excluding carboxylic acids is 3. The van der Waals surface area contributed by atoms with Crippen molar-refractivity contribution in [3.05, 3.63) is 40.6 Å². The summed E-state index contributed by atoms with van der Waals surface area (Å²) in [5.74, 6) is -1.51. The maximum Gasteiger partial charge on any atom is 0.337 e. The lowest BCUT2D eigenvalue weighted by Crippen LogP contribution is -2.37. The summed E-state index contributed by atoms with van der Waals surface area (Å²) in [5.41, 5.74) is 0.863. The van der Waals surface area contributed by atoms with Crippen LogP contribution in [0, 0.1) is 0 Å². The van der Waals surface area contributed by atoms with Gasteiger partial charge in [-0.25, -0.2) is 9.69 Å². The van der Waals surface area contributed by atoms with Crippen molar-refractivity contribution in [1.82, 2.24) is 5.32 Å².